The molecule has 3 aromatic heterocycles. The van der Waals surface area contributed by atoms with E-state index in [1.165, 1.54) is 0 Å². The molecule has 7 atom stereocenters. The molecule has 3 unspecified atom stereocenters. The molecule has 1 saturated carbocycles. The Morgan fingerprint density at radius 1 is 1.19 bits per heavy atom. The molecule has 2 aliphatic carbocycles. The number of nitrogens with one attached hydrogen (secondary N) is 2. The van der Waals surface area contributed by atoms with Crippen LogP contribution >= 0.6 is 11.6 Å². The molecule has 2 saturated heterocycles. The third-order valence-electron chi connectivity index (χ3n) is 7.46. The van der Waals surface area contributed by atoms with E-state index in [1.54, 1.807) is 30.7 Å². The van der Waals surface area contributed by atoms with E-state index in [4.69, 9.17) is 25.8 Å². The van der Waals surface area contributed by atoms with Gasteiger partial charge in [-0.1, -0.05) is 23.3 Å². The Hall–Kier alpha value is -3.12. The van der Waals surface area contributed by atoms with Crippen LogP contribution in [0.1, 0.15) is 18.5 Å². The van der Waals surface area contributed by atoms with E-state index in [0.717, 1.165) is 24.0 Å². The van der Waals surface area contributed by atoms with Gasteiger partial charge in [0.1, 0.15) is 30.3 Å². The van der Waals surface area contributed by atoms with Gasteiger partial charge in [-0.15, -0.1) is 0 Å². The number of aliphatic hydroxyl groups is 1. The average Bonchev–Trinajstić information content (AvgIpc) is 3.66. The van der Waals surface area contributed by atoms with E-state index in [2.05, 4.69) is 30.2 Å². The van der Waals surface area contributed by atoms with E-state index in [0.29, 0.717) is 34.3 Å². The van der Waals surface area contributed by atoms with Gasteiger partial charge in [0.2, 0.25) is 0 Å². The molecular formula is C25H24ClFN6O4. The number of hydrogen-bond acceptors (Lipinski definition) is 9. The van der Waals surface area contributed by atoms with Crippen molar-refractivity contribution in [1.82, 2.24) is 24.9 Å². The maximum absolute atomic E-state index is 15.4. The van der Waals surface area contributed by atoms with Crippen LogP contribution in [0.25, 0.3) is 16.7 Å². The van der Waals surface area contributed by atoms with Crippen LogP contribution in [0.5, 0.6) is 6.01 Å². The van der Waals surface area contributed by atoms with Crippen molar-refractivity contribution in [2.45, 2.75) is 49.5 Å². The molecular weight excluding hydrogens is 503 g/mol. The first-order valence-electron chi connectivity index (χ1n) is 12.3. The lowest BCUT2D eigenvalue weighted by molar-refractivity contribution is 0.00706. The SMILES string of the molecule is O[C@@H]1CO[C@H]2[C@@H]1OC[C@H]2Oc1nc2nc(NC3CCC4=CC(c5cnccn5)=CC(F)C43)c(Cl)cc2[nH]1. The molecule has 5 heterocycles. The summed E-state index contributed by atoms with van der Waals surface area (Å²) in [6.07, 6.45) is 7.02. The molecule has 0 radical (unpaired) electrons. The first kappa shape index (κ1) is 23.0. The number of rotatable bonds is 5. The Labute approximate surface area is 215 Å². The minimum Gasteiger partial charge on any atom is -0.456 e. The molecule has 0 spiro atoms. The number of aliphatic hydroxyl groups excluding tert-OH is 1. The van der Waals surface area contributed by atoms with Gasteiger partial charge in [0.15, 0.2) is 11.8 Å². The molecule has 7 rings (SSSR count). The topological polar surface area (TPSA) is 127 Å². The summed E-state index contributed by atoms with van der Waals surface area (Å²) in [7, 11) is 0. The zero-order chi connectivity index (χ0) is 25.1. The van der Waals surface area contributed by atoms with Crippen molar-refractivity contribution < 1.29 is 23.7 Å². The molecule has 3 fully saturated rings. The Morgan fingerprint density at radius 3 is 2.95 bits per heavy atom. The second-order valence-corrected chi connectivity index (χ2v) is 10.2. The second kappa shape index (κ2) is 9.02. The van der Waals surface area contributed by atoms with Gasteiger partial charge in [0, 0.05) is 29.9 Å². The largest absolute Gasteiger partial charge is 0.456 e. The summed E-state index contributed by atoms with van der Waals surface area (Å²) >= 11 is 6.55. The number of allylic oxidation sites excluding steroid dienone is 3. The van der Waals surface area contributed by atoms with Crippen molar-refractivity contribution in [2.24, 2.45) is 5.92 Å². The highest BCUT2D eigenvalue weighted by Crippen LogP contribution is 2.43. The summed E-state index contributed by atoms with van der Waals surface area (Å²) < 4.78 is 32.5. The Bertz CT molecular complexity index is 1400. The summed E-state index contributed by atoms with van der Waals surface area (Å²) in [6, 6.07) is 1.82. The Kier molecular flexibility index (Phi) is 5.61. The minimum atomic E-state index is -1.17. The number of aromatic amines is 1. The van der Waals surface area contributed by atoms with Crippen LogP contribution in [0.15, 0.2) is 42.4 Å². The summed E-state index contributed by atoms with van der Waals surface area (Å²) in [5.74, 6) is 0.130. The zero-order valence-corrected chi connectivity index (χ0v) is 20.3. The highest BCUT2D eigenvalue weighted by molar-refractivity contribution is 6.33. The highest BCUT2D eigenvalue weighted by Gasteiger charge is 2.48. The number of ether oxygens (including phenoxy) is 3. The predicted molar refractivity (Wildman–Crippen MR) is 132 cm³/mol. The van der Waals surface area contributed by atoms with Gasteiger partial charge in [-0.25, -0.2) is 9.37 Å². The van der Waals surface area contributed by atoms with Crippen LogP contribution < -0.4 is 10.1 Å². The number of fused-ring (bicyclic) bond motifs is 3. The maximum Gasteiger partial charge on any atom is 0.296 e. The smallest absolute Gasteiger partial charge is 0.296 e. The number of hydrogen-bond donors (Lipinski definition) is 3. The third kappa shape index (κ3) is 4.06. The number of H-pyrrole nitrogens is 1. The van der Waals surface area contributed by atoms with Crippen molar-refractivity contribution in [3.8, 4) is 6.01 Å². The standard InChI is InChI=1S/C25H24ClFN6O4/c26-13-7-16-24(33-25(31-16)37-19-10-36-21-18(34)9-35-22(19)21)32-23(13)30-15-2-1-11-5-12(6-14(27)20(11)15)17-8-28-3-4-29-17/h3-8,14-15,18-22,34H,1-2,9-10H2,(H2,30,31,32,33)/t14?,15?,18-,19-,20?,21-,22-/m1/s1. The summed E-state index contributed by atoms with van der Waals surface area (Å²) in [6.45, 7) is 0.512. The number of pyridine rings is 1. The lowest BCUT2D eigenvalue weighted by Gasteiger charge is -2.27. The predicted octanol–water partition coefficient (Wildman–Crippen LogP) is 2.86. The zero-order valence-electron chi connectivity index (χ0n) is 19.6. The number of halogens is 2. The van der Waals surface area contributed by atoms with Gasteiger partial charge in [-0.05, 0) is 25.0 Å². The Morgan fingerprint density at radius 2 is 2.08 bits per heavy atom. The van der Waals surface area contributed by atoms with E-state index in [9.17, 15) is 5.11 Å². The van der Waals surface area contributed by atoms with E-state index in [1.807, 2.05) is 6.08 Å². The average molecular weight is 527 g/mol. The van der Waals surface area contributed by atoms with E-state index in [-0.39, 0.29) is 30.7 Å². The number of nitrogens with zero attached hydrogens (tertiary/aromatic N) is 4. The normalized spacial score (nSPS) is 32.7. The van der Waals surface area contributed by atoms with Gasteiger partial charge in [-0.3, -0.25) is 9.97 Å². The third-order valence-corrected chi connectivity index (χ3v) is 7.75. The first-order valence-corrected chi connectivity index (χ1v) is 12.6. The van der Waals surface area contributed by atoms with Gasteiger partial charge in [0.05, 0.1) is 35.6 Å². The van der Waals surface area contributed by atoms with Crippen molar-refractivity contribution in [3.05, 3.63) is 53.1 Å². The van der Waals surface area contributed by atoms with Crippen molar-refractivity contribution in [1.29, 1.82) is 0 Å². The minimum absolute atomic E-state index is 0.170. The van der Waals surface area contributed by atoms with Crippen LogP contribution in [-0.4, -0.2) is 79.9 Å². The monoisotopic (exact) mass is 526 g/mol. The molecule has 12 heteroatoms. The highest BCUT2D eigenvalue weighted by atomic mass is 35.5. The van der Waals surface area contributed by atoms with Gasteiger partial charge >= 0.3 is 0 Å². The number of aromatic nitrogens is 5. The number of alkyl halides is 1. The molecule has 3 N–H and O–H groups in total. The van der Waals surface area contributed by atoms with Gasteiger partial charge in [0.25, 0.3) is 6.01 Å². The molecule has 3 aromatic rings. The fourth-order valence-corrected chi connectivity index (χ4v) is 5.94. The van der Waals surface area contributed by atoms with Crippen LogP contribution in [0.4, 0.5) is 10.2 Å². The van der Waals surface area contributed by atoms with Gasteiger partial charge in [-0.2, -0.15) is 4.98 Å². The quantitative estimate of drug-likeness (QED) is 0.460. The van der Waals surface area contributed by atoms with Crippen molar-refractivity contribution >= 4 is 34.2 Å². The molecule has 0 amide bonds. The lowest BCUT2D eigenvalue weighted by atomic mass is 9.86. The fraction of sp³-hybridized carbons (Fsp3) is 0.440. The van der Waals surface area contributed by atoms with Crippen molar-refractivity contribution in [3.63, 3.8) is 0 Å². The van der Waals surface area contributed by atoms with Gasteiger partial charge < -0.3 is 29.6 Å². The molecule has 192 valence electrons. The van der Waals surface area contributed by atoms with Crippen LogP contribution in [0.3, 0.4) is 0 Å². The maximum atomic E-state index is 15.4. The molecule has 0 aromatic carbocycles. The molecule has 2 aliphatic heterocycles. The van der Waals surface area contributed by atoms with Crippen LogP contribution in [0, 0.1) is 5.92 Å². The molecule has 0 bridgehead atoms. The number of imidazole rings is 1. The van der Waals surface area contributed by atoms with Crippen LogP contribution in [0.2, 0.25) is 5.02 Å². The second-order valence-electron chi connectivity index (χ2n) is 9.74. The fourth-order valence-electron chi connectivity index (χ4n) is 5.73. The molecule has 10 nitrogen and oxygen atoms in total. The molecule has 4 aliphatic rings. The van der Waals surface area contributed by atoms with E-state index < -0.39 is 24.5 Å². The molecule has 37 heavy (non-hydrogen) atoms. The Balaban J connectivity index is 1.08. The first-order chi connectivity index (χ1) is 18.0. The van der Waals surface area contributed by atoms with E-state index >= 15 is 4.39 Å². The van der Waals surface area contributed by atoms with Crippen molar-refractivity contribution in [2.75, 3.05) is 18.5 Å². The summed E-state index contributed by atoms with van der Waals surface area (Å²) in [5.41, 5.74) is 3.49. The lowest BCUT2D eigenvalue weighted by Crippen LogP contribution is -2.34. The summed E-state index contributed by atoms with van der Waals surface area (Å²) in [4.78, 5) is 20.5. The summed E-state index contributed by atoms with van der Waals surface area (Å²) in [5, 5.41) is 13.7. The van der Waals surface area contributed by atoms with Crippen LogP contribution in [-0.2, 0) is 9.47 Å². The number of anilines is 1.